The van der Waals surface area contributed by atoms with Crippen LogP contribution in [0.15, 0.2) is 60.7 Å². The molecule has 0 fully saturated rings. The number of fused-ring (bicyclic) bond motifs is 1. The molecule has 0 bridgehead atoms. The van der Waals surface area contributed by atoms with Crippen molar-refractivity contribution in [3.05, 3.63) is 87.4 Å². The number of nitrogens with one attached hydrogen (secondary N) is 1. The molecule has 0 saturated heterocycles. The van der Waals surface area contributed by atoms with Crippen LogP contribution in [0.4, 0.5) is 5.69 Å². The number of rotatable bonds is 6. The zero-order valence-electron chi connectivity index (χ0n) is 16.4. The quantitative estimate of drug-likeness (QED) is 0.570. The van der Waals surface area contributed by atoms with Gasteiger partial charge < -0.3 is 15.3 Å². The number of hydrogen-bond donors (Lipinski definition) is 2. The summed E-state index contributed by atoms with van der Waals surface area (Å²) in [5, 5.41) is 12.9. The van der Waals surface area contributed by atoms with E-state index in [-0.39, 0.29) is 19.1 Å². The molecule has 154 valence electrons. The minimum absolute atomic E-state index is 0.0794. The fraction of sp³-hybridized carbons (Fsp3) is 0.208. The third-order valence-corrected chi connectivity index (χ3v) is 5.66. The summed E-state index contributed by atoms with van der Waals surface area (Å²) in [5.74, 6) is -0.188. The normalized spacial score (nSPS) is 12.7. The lowest BCUT2D eigenvalue weighted by atomic mass is 10.00. The van der Waals surface area contributed by atoms with E-state index in [1.54, 1.807) is 12.1 Å². The summed E-state index contributed by atoms with van der Waals surface area (Å²) in [6, 6.07) is 19.6. The lowest BCUT2D eigenvalue weighted by Gasteiger charge is -2.20. The summed E-state index contributed by atoms with van der Waals surface area (Å²) in [4.78, 5) is 14.6. The molecule has 0 saturated carbocycles. The van der Waals surface area contributed by atoms with Crippen molar-refractivity contribution in [2.24, 2.45) is 0 Å². The summed E-state index contributed by atoms with van der Waals surface area (Å²) in [7, 11) is 0. The van der Waals surface area contributed by atoms with E-state index in [0.29, 0.717) is 15.6 Å². The number of aliphatic hydroxyl groups excluding tert-OH is 1. The Balaban J connectivity index is 1.59. The van der Waals surface area contributed by atoms with Crippen LogP contribution in [0.3, 0.4) is 0 Å². The Kier molecular flexibility index (Phi) is 6.28. The predicted molar refractivity (Wildman–Crippen MR) is 123 cm³/mol. The van der Waals surface area contributed by atoms with Gasteiger partial charge in [-0.05, 0) is 65.1 Å². The van der Waals surface area contributed by atoms with Crippen LogP contribution >= 0.6 is 23.2 Å². The van der Waals surface area contributed by atoms with Crippen LogP contribution in [0.1, 0.15) is 21.5 Å². The highest BCUT2D eigenvalue weighted by Crippen LogP contribution is 2.34. The summed E-state index contributed by atoms with van der Waals surface area (Å²) in [6.45, 7) is 1.83. The van der Waals surface area contributed by atoms with Gasteiger partial charge in [0.2, 0.25) is 0 Å². The summed E-state index contributed by atoms with van der Waals surface area (Å²) in [6.07, 6.45) is 0.994. The van der Waals surface area contributed by atoms with Gasteiger partial charge in [-0.2, -0.15) is 0 Å². The molecule has 0 radical (unpaired) electrons. The maximum Gasteiger partial charge on any atom is 0.251 e. The molecule has 0 spiro atoms. The number of aliphatic hydroxyl groups is 1. The molecule has 4 nitrogen and oxygen atoms in total. The molecule has 2 N–H and O–H groups in total. The largest absolute Gasteiger partial charge is 0.395 e. The molecule has 30 heavy (non-hydrogen) atoms. The van der Waals surface area contributed by atoms with E-state index in [4.69, 9.17) is 28.3 Å². The van der Waals surface area contributed by atoms with Gasteiger partial charge >= 0.3 is 0 Å². The topological polar surface area (TPSA) is 52.6 Å². The molecule has 1 aliphatic rings. The molecule has 0 atom stereocenters. The lowest BCUT2D eigenvalue weighted by molar-refractivity contribution is 0.0945. The van der Waals surface area contributed by atoms with Crippen LogP contribution < -0.4 is 10.2 Å². The molecule has 3 aromatic carbocycles. The van der Waals surface area contributed by atoms with E-state index < -0.39 is 0 Å². The van der Waals surface area contributed by atoms with Crippen LogP contribution in [-0.2, 0) is 13.0 Å². The van der Waals surface area contributed by atoms with Crippen molar-refractivity contribution < 1.29 is 9.90 Å². The van der Waals surface area contributed by atoms with Gasteiger partial charge in [-0.15, -0.1) is 0 Å². The van der Waals surface area contributed by atoms with Gasteiger partial charge in [0.1, 0.15) is 0 Å². The Hall–Kier alpha value is -2.53. The van der Waals surface area contributed by atoms with Crippen molar-refractivity contribution in [2.75, 3.05) is 24.6 Å². The van der Waals surface area contributed by atoms with Crippen LogP contribution in [-0.4, -0.2) is 30.7 Å². The van der Waals surface area contributed by atoms with Crippen molar-refractivity contribution in [3.63, 3.8) is 0 Å². The highest BCUT2D eigenvalue weighted by Gasteiger charge is 2.20. The number of carbonyl (C=O) groups excluding carboxylic acids is 1. The van der Waals surface area contributed by atoms with Crippen molar-refractivity contribution in [1.29, 1.82) is 0 Å². The molecule has 1 heterocycles. The molecular formula is C24H22Cl2N2O2. The standard InChI is InChI=1S/C24H22Cl2N2O2/c25-21-10-16(11-22(26)14-21)15-28-8-6-17-4-5-19(13-23(17)28)18-2-1-3-20(12-18)24(30)27-7-9-29/h1-5,10-14,29H,6-9,15H2,(H,27,30). The lowest BCUT2D eigenvalue weighted by Crippen LogP contribution is -2.26. The third kappa shape index (κ3) is 4.62. The average Bonchev–Trinajstić information content (AvgIpc) is 3.13. The Morgan fingerprint density at radius 1 is 1.00 bits per heavy atom. The van der Waals surface area contributed by atoms with E-state index in [2.05, 4.69) is 28.4 Å². The predicted octanol–water partition coefficient (Wildman–Crippen LogP) is 4.95. The number of carbonyl (C=O) groups is 1. The first-order chi connectivity index (χ1) is 14.5. The van der Waals surface area contributed by atoms with Gasteiger partial charge in [-0.25, -0.2) is 0 Å². The molecule has 3 aromatic rings. The Labute approximate surface area is 186 Å². The van der Waals surface area contributed by atoms with E-state index in [0.717, 1.165) is 36.2 Å². The van der Waals surface area contributed by atoms with E-state index in [1.807, 2.05) is 30.3 Å². The van der Waals surface area contributed by atoms with E-state index in [1.165, 1.54) is 11.3 Å². The summed E-state index contributed by atoms with van der Waals surface area (Å²) >= 11 is 12.3. The monoisotopic (exact) mass is 440 g/mol. The van der Waals surface area contributed by atoms with Gasteiger partial charge in [-0.1, -0.05) is 47.5 Å². The number of halogens is 2. The van der Waals surface area contributed by atoms with Gasteiger partial charge in [0, 0.05) is 40.9 Å². The highest BCUT2D eigenvalue weighted by molar-refractivity contribution is 6.34. The molecule has 0 unspecified atom stereocenters. The summed E-state index contributed by atoms with van der Waals surface area (Å²) < 4.78 is 0. The van der Waals surface area contributed by atoms with Crippen molar-refractivity contribution in [2.45, 2.75) is 13.0 Å². The number of anilines is 1. The highest BCUT2D eigenvalue weighted by atomic mass is 35.5. The second-order valence-electron chi connectivity index (χ2n) is 7.35. The molecule has 1 aliphatic heterocycles. The number of benzene rings is 3. The van der Waals surface area contributed by atoms with E-state index >= 15 is 0 Å². The van der Waals surface area contributed by atoms with E-state index in [9.17, 15) is 4.79 Å². The Morgan fingerprint density at radius 3 is 2.53 bits per heavy atom. The molecule has 4 rings (SSSR count). The maximum absolute atomic E-state index is 12.2. The van der Waals surface area contributed by atoms with Gasteiger partial charge in [-0.3, -0.25) is 4.79 Å². The zero-order valence-corrected chi connectivity index (χ0v) is 17.9. The fourth-order valence-electron chi connectivity index (χ4n) is 3.82. The van der Waals surface area contributed by atoms with Crippen molar-refractivity contribution in [3.8, 4) is 11.1 Å². The first kappa shape index (κ1) is 20.7. The molecular weight excluding hydrogens is 419 g/mol. The number of hydrogen-bond acceptors (Lipinski definition) is 3. The molecule has 0 aliphatic carbocycles. The van der Waals surface area contributed by atoms with Crippen molar-refractivity contribution in [1.82, 2.24) is 5.32 Å². The minimum Gasteiger partial charge on any atom is -0.395 e. The Bertz CT molecular complexity index is 1060. The van der Waals surface area contributed by atoms with Crippen LogP contribution in [0.25, 0.3) is 11.1 Å². The first-order valence-electron chi connectivity index (χ1n) is 9.86. The van der Waals surface area contributed by atoms with Gasteiger partial charge in [0.25, 0.3) is 5.91 Å². The van der Waals surface area contributed by atoms with Gasteiger partial charge in [0.15, 0.2) is 0 Å². The smallest absolute Gasteiger partial charge is 0.251 e. The zero-order chi connectivity index (χ0) is 21.1. The number of amides is 1. The third-order valence-electron chi connectivity index (χ3n) is 5.23. The van der Waals surface area contributed by atoms with Crippen LogP contribution in [0.5, 0.6) is 0 Å². The van der Waals surface area contributed by atoms with Crippen LogP contribution in [0.2, 0.25) is 10.0 Å². The average molecular weight is 441 g/mol. The minimum atomic E-state index is -0.188. The number of nitrogens with zero attached hydrogens (tertiary/aromatic N) is 1. The Morgan fingerprint density at radius 2 is 1.77 bits per heavy atom. The van der Waals surface area contributed by atoms with Crippen molar-refractivity contribution >= 4 is 34.8 Å². The van der Waals surface area contributed by atoms with Gasteiger partial charge in [0.05, 0.1) is 6.61 Å². The first-order valence-corrected chi connectivity index (χ1v) is 10.6. The van der Waals surface area contributed by atoms with Crippen LogP contribution in [0, 0.1) is 0 Å². The molecule has 6 heteroatoms. The SMILES string of the molecule is O=C(NCCO)c1cccc(-c2ccc3c(c2)N(Cc2cc(Cl)cc(Cl)c2)CC3)c1. The second-order valence-corrected chi connectivity index (χ2v) is 8.23. The second kappa shape index (κ2) is 9.09. The summed E-state index contributed by atoms with van der Waals surface area (Å²) in [5.41, 5.74) is 6.19. The maximum atomic E-state index is 12.2. The fourth-order valence-corrected chi connectivity index (χ4v) is 4.39. The molecule has 0 aromatic heterocycles. The molecule has 1 amide bonds.